The van der Waals surface area contributed by atoms with Gasteiger partial charge in [0.2, 0.25) is 0 Å². The number of fused-ring (bicyclic) bond motifs is 3. The van der Waals surface area contributed by atoms with E-state index in [1.807, 2.05) is 45.5 Å². The predicted molar refractivity (Wildman–Crippen MR) is 96.4 cm³/mol. The van der Waals surface area contributed by atoms with Crippen LogP contribution in [0.1, 0.15) is 37.8 Å². The summed E-state index contributed by atoms with van der Waals surface area (Å²) in [6.07, 6.45) is 1.57. The topological polar surface area (TPSA) is 54.7 Å². The summed E-state index contributed by atoms with van der Waals surface area (Å²) >= 11 is 6.19. The minimum Gasteiger partial charge on any atom is -0.506 e. The molecule has 0 radical (unpaired) electrons. The van der Waals surface area contributed by atoms with Crippen LogP contribution in [0.4, 0.5) is 10.5 Å². The van der Waals surface area contributed by atoms with Crippen LogP contribution in [0.15, 0.2) is 12.3 Å². The minimum atomic E-state index is -0.578. The molecule has 0 spiro atoms. The molecule has 1 aromatic heterocycles. The lowest BCUT2D eigenvalue weighted by molar-refractivity contribution is 0.0582. The number of amides is 1. The second-order valence-corrected chi connectivity index (χ2v) is 7.73. The number of alkyl halides is 1. The van der Waals surface area contributed by atoms with Crippen molar-refractivity contribution in [3.8, 4) is 5.75 Å². The van der Waals surface area contributed by atoms with E-state index < -0.39 is 11.7 Å². The van der Waals surface area contributed by atoms with E-state index >= 15 is 0 Å². The Bertz CT molecular complexity index is 820. The molecule has 1 aromatic carbocycles. The van der Waals surface area contributed by atoms with Gasteiger partial charge in [0.1, 0.15) is 11.4 Å². The molecule has 1 aliphatic heterocycles. The van der Waals surface area contributed by atoms with Crippen LogP contribution in [0.3, 0.4) is 0 Å². The van der Waals surface area contributed by atoms with Crippen LogP contribution < -0.4 is 4.90 Å². The van der Waals surface area contributed by atoms with Gasteiger partial charge in [-0.3, -0.25) is 4.90 Å². The summed E-state index contributed by atoms with van der Waals surface area (Å²) in [5.41, 5.74) is 2.95. The van der Waals surface area contributed by atoms with Crippen molar-refractivity contribution in [3.05, 3.63) is 23.4 Å². The van der Waals surface area contributed by atoms with E-state index in [4.69, 9.17) is 16.3 Å². The number of phenols is 1. The zero-order valence-electron chi connectivity index (χ0n) is 14.7. The number of ether oxygens (including phenoxy) is 1. The Hall–Kier alpha value is -1.88. The zero-order valence-corrected chi connectivity index (χ0v) is 15.4. The van der Waals surface area contributed by atoms with Gasteiger partial charge >= 0.3 is 6.09 Å². The molecule has 0 saturated heterocycles. The fourth-order valence-electron chi connectivity index (χ4n) is 3.50. The number of halogens is 1. The van der Waals surface area contributed by atoms with E-state index in [0.29, 0.717) is 18.1 Å². The zero-order chi connectivity index (χ0) is 17.8. The molecule has 1 atom stereocenters. The average Bonchev–Trinajstić information content (AvgIpc) is 2.95. The maximum Gasteiger partial charge on any atom is 0.414 e. The van der Waals surface area contributed by atoms with Crippen LogP contribution >= 0.6 is 11.6 Å². The lowest BCUT2D eigenvalue weighted by atomic mass is 9.97. The quantitative estimate of drug-likeness (QED) is 0.781. The molecule has 0 fully saturated rings. The van der Waals surface area contributed by atoms with Crippen LogP contribution in [0.2, 0.25) is 0 Å². The van der Waals surface area contributed by atoms with Crippen molar-refractivity contribution in [3.63, 3.8) is 0 Å². The molecular formula is C18H23ClN2O3. The van der Waals surface area contributed by atoms with E-state index in [0.717, 1.165) is 22.0 Å². The number of aromatic hydroxyl groups is 1. The maximum absolute atomic E-state index is 12.6. The number of carbonyl (C=O) groups is 1. The molecule has 3 rings (SSSR count). The third-order valence-corrected chi connectivity index (χ3v) is 4.71. The Labute approximate surface area is 146 Å². The highest BCUT2D eigenvalue weighted by atomic mass is 35.5. The highest BCUT2D eigenvalue weighted by Crippen LogP contribution is 2.46. The van der Waals surface area contributed by atoms with Gasteiger partial charge < -0.3 is 14.4 Å². The number of hydrogen-bond acceptors (Lipinski definition) is 3. The number of carbonyl (C=O) groups excluding carboxylic acids is 1. The fourth-order valence-corrected chi connectivity index (χ4v) is 3.75. The van der Waals surface area contributed by atoms with Gasteiger partial charge in [-0.05, 0) is 38.8 Å². The lowest BCUT2D eigenvalue weighted by Gasteiger charge is -2.25. The normalized spacial score (nSPS) is 17.4. The first-order chi connectivity index (χ1) is 11.1. The predicted octanol–water partition coefficient (Wildman–Crippen LogP) is 4.27. The van der Waals surface area contributed by atoms with Gasteiger partial charge in [-0.25, -0.2) is 4.79 Å². The van der Waals surface area contributed by atoms with Crippen LogP contribution in [-0.4, -0.2) is 33.8 Å². The Kier molecular flexibility index (Phi) is 3.95. The van der Waals surface area contributed by atoms with Gasteiger partial charge in [0.15, 0.2) is 0 Å². The molecular weight excluding hydrogens is 328 g/mol. The van der Waals surface area contributed by atoms with Gasteiger partial charge in [-0.1, -0.05) is 0 Å². The van der Waals surface area contributed by atoms with E-state index in [9.17, 15) is 9.90 Å². The first-order valence-corrected chi connectivity index (χ1v) is 8.55. The number of hydrogen-bond donors (Lipinski definition) is 1. The minimum absolute atomic E-state index is 0.0124. The lowest BCUT2D eigenvalue weighted by Crippen LogP contribution is -2.36. The van der Waals surface area contributed by atoms with E-state index in [-0.39, 0.29) is 11.7 Å². The fraction of sp³-hybridized carbons (Fsp3) is 0.500. The van der Waals surface area contributed by atoms with Crippen LogP contribution in [0, 0.1) is 6.92 Å². The molecule has 24 heavy (non-hydrogen) atoms. The number of nitrogens with zero attached hydrogens (tertiary/aromatic N) is 2. The number of anilines is 1. The monoisotopic (exact) mass is 350 g/mol. The molecule has 0 aliphatic carbocycles. The van der Waals surface area contributed by atoms with Gasteiger partial charge in [0.05, 0.1) is 11.2 Å². The second kappa shape index (κ2) is 5.59. The third kappa shape index (κ3) is 2.61. The SMILES string of the molecule is Cc1cn(C)c2c(O)cc3c(c12)C(CCl)CN3C(=O)OC(C)(C)C. The highest BCUT2D eigenvalue weighted by molar-refractivity contribution is 6.19. The van der Waals surface area contributed by atoms with Crippen molar-refractivity contribution in [2.75, 3.05) is 17.3 Å². The Morgan fingerprint density at radius 2 is 2.12 bits per heavy atom. The van der Waals surface area contributed by atoms with Crippen molar-refractivity contribution in [2.45, 2.75) is 39.2 Å². The summed E-state index contributed by atoms with van der Waals surface area (Å²) in [5.74, 6) is 0.571. The number of aromatic nitrogens is 1. The molecule has 1 unspecified atom stereocenters. The molecule has 2 heterocycles. The summed E-state index contributed by atoms with van der Waals surface area (Å²) in [6, 6.07) is 1.65. The molecule has 0 saturated carbocycles. The highest BCUT2D eigenvalue weighted by Gasteiger charge is 2.37. The molecule has 6 heteroatoms. The van der Waals surface area contributed by atoms with Gasteiger partial charge in [-0.15, -0.1) is 11.6 Å². The summed E-state index contributed by atoms with van der Waals surface area (Å²) in [7, 11) is 1.90. The van der Waals surface area contributed by atoms with Gasteiger partial charge in [-0.2, -0.15) is 0 Å². The number of rotatable bonds is 1. The first-order valence-electron chi connectivity index (χ1n) is 8.02. The number of benzene rings is 1. The van der Waals surface area contributed by atoms with Crippen molar-refractivity contribution in [1.82, 2.24) is 4.57 Å². The summed E-state index contributed by atoms with van der Waals surface area (Å²) < 4.78 is 7.42. The first kappa shape index (κ1) is 17.0. The van der Waals surface area contributed by atoms with Crippen molar-refractivity contribution in [2.24, 2.45) is 7.05 Å². The largest absolute Gasteiger partial charge is 0.506 e. The molecule has 0 bridgehead atoms. The van der Waals surface area contributed by atoms with E-state index in [1.54, 1.807) is 11.0 Å². The summed E-state index contributed by atoms with van der Waals surface area (Å²) in [6.45, 7) is 7.97. The Morgan fingerprint density at radius 1 is 1.46 bits per heavy atom. The molecule has 2 aromatic rings. The summed E-state index contributed by atoms with van der Waals surface area (Å²) in [4.78, 5) is 14.2. The van der Waals surface area contributed by atoms with Crippen LogP contribution in [-0.2, 0) is 11.8 Å². The number of aryl methyl sites for hydroxylation is 2. The van der Waals surface area contributed by atoms with Crippen molar-refractivity contribution >= 4 is 34.3 Å². The Balaban J connectivity index is 2.19. The maximum atomic E-state index is 12.6. The molecule has 130 valence electrons. The van der Waals surface area contributed by atoms with Gasteiger partial charge in [0.25, 0.3) is 0 Å². The number of phenolic OH excluding ortho intramolecular Hbond substituents is 1. The molecule has 1 aliphatic rings. The van der Waals surface area contributed by atoms with E-state index in [1.165, 1.54) is 0 Å². The van der Waals surface area contributed by atoms with Crippen molar-refractivity contribution < 1.29 is 14.6 Å². The molecule has 1 N–H and O–H groups in total. The Morgan fingerprint density at radius 3 is 2.71 bits per heavy atom. The van der Waals surface area contributed by atoms with Crippen LogP contribution in [0.5, 0.6) is 5.75 Å². The smallest absolute Gasteiger partial charge is 0.414 e. The summed E-state index contributed by atoms with van der Waals surface area (Å²) in [5, 5.41) is 11.5. The van der Waals surface area contributed by atoms with Crippen LogP contribution in [0.25, 0.3) is 10.9 Å². The molecule has 1 amide bonds. The van der Waals surface area contributed by atoms with E-state index in [2.05, 4.69) is 0 Å². The van der Waals surface area contributed by atoms with Crippen molar-refractivity contribution in [1.29, 1.82) is 0 Å². The standard InChI is InChI=1S/C18H23ClN2O3/c1-10-8-20(5)16-13(22)6-12-15(14(10)16)11(7-19)9-21(12)17(23)24-18(2,3)4/h6,8,11,22H,7,9H2,1-5H3. The third-order valence-electron chi connectivity index (χ3n) is 4.33. The second-order valence-electron chi connectivity index (χ2n) is 7.42. The average molecular weight is 351 g/mol. The molecule has 5 nitrogen and oxygen atoms in total. The van der Waals surface area contributed by atoms with Gasteiger partial charge in [0, 0.05) is 43.0 Å².